The molecule has 1 aromatic rings. The van der Waals surface area contributed by atoms with Crippen LogP contribution in [-0.4, -0.2) is 12.3 Å². The van der Waals surface area contributed by atoms with Gasteiger partial charge in [-0.15, -0.1) is 0 Å². The molecule has 0 unspecified atom stereocenters. The van der Waals surface area contributed by atoms with Crippen LogP contribution in [0.1, 0.15) is 16.7 Å². The zero-order valence-corrected chi connectivity index (χ0v) is 9.16. The summed E-state index contributed by atoms with van der Waals surface area (Å²) in [6.07, 6.45) is 0. The Balaban J connectivity index is 2.64. The molecule has 0 amide bonds. The Morgan fingerprint density at radius 2 is 1.85 bits per heavy atom. The van der Waals surface area contributed by atoms with E-state index in [9.17, 15) is 0 Å². The van der Waals surface area contributed by atoms with Gasteiger partial charge in [-0.3, -0.25) is 0 Å². The number of hydrogen-bond acceptors (Lipinski definition) is 2. The molecule has 2 N–H and O–H groups in total. The van der Waals surface area contributed by atoms with E-state index in [1.807, 2.05) is 11.8 Å². The van der Waals surface area contributed by atoms with E-state index in [-0.39, 0.29) is 0 Å². The minimum Gasteiger partial charge on any atom is -0.330 e. The molecule has 0 aliphatic rings. The van der Waals surface area contributed by atoms with Gasteiger partial charge >= 0.3 is 0 Å². The summed E-state index contributed by atoms with van der Waals surface area (Å²) in [5, 5.41) is 0. The lowest BCUT2D eigenvalue weighted by atomic mass is 10.1. The van der Waals surface area contributed by atoms with E-state index >= 15 is 0 Å². The van der Waals surface area contributed by atoms with Gasteiger partial charge in [0.2, 0.25) is 0 Å². The van der Waals surface area contributed by atoms with Crippen LogP contribution in [0.4, 0.5) is 0 Å². The van der Waals surface area contributed by atoms with Gasteiger partial charge in [-0.2, -0.15) is 11.8 Å². The van der Waals surface area contributed by atoms with Crippen molar-refractivity contribution in [3.8, 4) is 0 Å². The van der Waals surface area contributed by atoms with Crippen molar-refractivity contribution in [2.24, 2.45) is 5.73 Å². The standard InChI is InChI=1S/C11H17NS/c1-9-4-3-5-10(2)11(9)8-13-7-6-12/h3-5H,6-8,12H2,1-2H3. The Bertz CT molecular complexity index is 251. The molecule has 0 aliphatic carbocycles. The van der Waals surface area contributed by atoms with Crippen molar-refractivity contribution in [2.45, 2.75) is 19.6 Å². The summed E-state index contributed by atoms with van der Waals surface area (Å²) in [5.74, 6) is 2.14. The summed E-state index contributed by atoms with van der Waals surface area (Å²) in [7, 11) is 0. The Morgan fingerprint density at radius 3 is 2.38 bits per heavy atom. The van der Waals surface area contributed by atoms with Crippen LogP contribution >= 0.6 is 11.8 Å². The van der Waals surface area contributed by atoms with E-state index in [1.165, 1.54) is 16.7 Å². The number of hydrogen-bond donors (Lipinski definition) is 1. The molecule has 0 spiro atoms. The third-order valence-corrected chi connectivity index (χ3v) is 3.17. The smallest absolute Gasteiger partial charge is 0.0190 e. The van der Waals surface area contributed by atoms with Crippen molar-refractivity contribution < 1.29 is 0 Å². The second-order valence-electron chi connectivity index (χ2n) is 3.21. The Kier molecular flexibility index (Phi) is 4.33. The molecule has 1 nitrogen and oxygen atoms in total. The number of rotatable bonds is 4. The first-order valence-corrected chi connectivity index (χ1v) is 5.74. The summed E-state index contributed by atoms with van der Waals surface area (Å²) >= 11 is 1.91. The summed E-state index contributed by atoms with van der Waals surface area (Å²) < 4.78 is 0. The van der Waals surface area contributed by atoms with E-state index in [2.05, 4.69) is 32.0 Å². The summed E-state index contributed by atoms with van der Waals surface area (Å²) in [4.78, 5) is 0. The molecular weight excluding hydrogens is 178 g/mol. The van der Waals surface area contributed by atoms with Gasteiger partial charge in [0.05, 0.1) is 0 Å². The molecule has 0 saturated carbocycles. The fourth-order valence-corrected chi connectivity index (χ4v) is 2.30. The van der Waals surface area contributed by atoms with Crippen LogP contribution < -0.4 is 5.73 Å². The van der Waals surface area contributed by atoms with Gasteiger partial charge in [0.15, 0.2) is 0 Å². The highest BCUT2D eigenvalue weighted by molar-refractivity contribution is 7.98. The van der Waals surface area contributed by atoms with Gasteiger partial charge in [0.1, 0.15) is 0 Å². The quantitative estimate of drug-likeness (QED) is 0.747. The second-order valence-corrected chi connectivity index (χ2v) is 4.32. The maximum Gasteiger partial charge on any atom is 0.0190 e. The molecule has 72 valence electrons. The van der Waals surface area contributed by atoms with E-state index in [0.29, 0.717) is 0 Å². The van der Waals surface area contributed by atoms with Crippen molar-refractivity contribution >= 4 is 11.8 Å². The lowest BCUT2D eigenvalue weighted by molar-refractivity contribution is 1.14. The lowest BCUT2D eigenvalue weighted by Gasteiger charge is -2.08. The second kappa shape index (κ2) is 5.30. The van der Waals surface area contributed by atoms with Crippen molar-refractivity contribution in [2.75, 3.05) is 12.3 Å². The maximum atomic E-state index is 5.45. The fraction of sp³-hybridized carbons (Fsp3) is 0.455. The van der Waals surface area contributed by atoms with Gasteiger partial charge in [0.25, 0.3) is 0 Å². The van der Waals surface area contributed by atoms with Crippen molar-refractivity contribution in [1.82, 2.24) is 0 Å². The third kappa shape index (κ3) is 3.05. The molecule has 0 aliphatic heterocycles. The zero-order chi connectivity index (χ0) is 9.68. The Morgan fingerprint density at radius 1 is 1.23 bits per heavy atom. The summed E-state index contributed by atoms with van der Waals surface area (Å²) in [6, 6.07) is 6.46. The van der Waals surface area contributed by atoms with E-state index in [1.54, 1.807) is 0 Å². The van der Waals surface area contributed by atoms with Crippen LogP contribution in [-0.2, 0) is 5.75 Å². The van der Waals surface area contributed by atoms with Gasteiger partial charge in [-0.05, 0) is 30.5 Å². The van der Waals surface area contributed by atoms with Gasteiger partial charge in [-0.1, -0.05) is 18.2 Å². The number of nitrogens with two attached hydrogens (primary N) is 1. The van der Waals surface area contributed by atoms with Crippen LogP contribution in [0.2, 0.25) is 0 Å². The Hall–Kier alpha value is -0.470. The molecule has 0 radical (unpaired) electrons. The number of benzene rings is 1. The first-order chi connectivity index (χ1) is 6.25. The van der Waals surface area contributed by atoms with Gasteiger partial charge in [0, 0.05) is 18.1 Å². The van der Waals surface area contributed by atoms with Crippen LogP contribution in [0.3, 0.4) is 0 Å². The average Bonchev–Trinajstić information content (AvgIpc) is 2.10. The van der Waals surface area contributed by atoms with Crippen molar-refractivity contribution in [3.05, 3.63) is 34.9 Å². The normalized spacial score (nSPS) is 10.4. The van der Waals surface area contributed by atoms with Crippen LogP contribution in [0.15, 0.2) is 18.2 Å². The van der Waals surface area contributed by atoms with E-state index in [4.69, 9.17) is 5.73 Å². The molecule has 2 heteroatoms. The first kappa shape index (κ1) is 10.6. The minimum absolute atomic E-state index is 0.773. The molecule has 0 heterocycles. The Labute approximate surface area is 84.7 Å². The summed E-state index contributed by atoms with van der Waals surface area (Å²) in [6.45, 7) is 5.12. The monoisotopic (exact) mass is 195 g/mol. The summed E-state index contributed by atoms with van der Waals surface area (Å²) in [5.41, 5.74) is 9.71. The highest BCUT2D eigenvalue weighted by Gasteiger charge is 2.00. The number of aryl methyl sites for hydroxylation is 2. The third-order valence-electron chi connectivity index (χ3n) is 2.15. The molecule has 0 fully saturated rings. The molecule has 1 rings (SSSR count). The topological polar surface area (TPSA) is 26.0 Å². The highest BCUT2D eigenvalue weighted by Crippen LogP contribution is 2.19. The first-order valence-electron chi connectivity index (χ1n) is 4.58. The van der Waals surface area contributed by atoms with Gasteiger partial charge in [-0.25, -0.2) is 0 Å². The van der Waals surface area contributed by atoms with Crippen molar-refractivity contribution in [1.29, 1.82) is 0 Å². The molecule has 0 aromatic heterocycles. The maximum absolute atomic E-state index is 5.45. The van der Waals surface area contributed by atoms with Crippen LogP contribution in [0.25, 0.3) is 0 Å². The predicted octanol–water partition coefficient (Wildman–Crippen LogP) is 2.50. The van der Waals surface area contributed by atoms with E-state index < -0.39 is 0 Å². The van der Waals surface area contributed by atoms with Gasteiger partial charge < -0.3 is 5.73 Å². The fourth-order valence-electron chi connectivity index (χ4n) is 1.33. The van der Waals surface area contributed by atoms with Crippen LogP contribution in [0, 0.1) is 13.8 Å². The molecular formula is C11H17NS. The molecule has 0 atom stereocenters. The highest BCUT2D eigenvalue weighted by atomic mass is 32.2. The molecule has 13 heavy (non-hydrogen) atoms. The average molecular weight is 195 g/mol. The zero-order valence-electron chi connectivity index (χ0n) is 8.34. The minimum atomic E-state index is 0.773. The lowest BCUT2D eigenvalue weighted by Crippen LogP contribution is -2.02. The predicted molar refractivity (Wildman–Crippen MR) is 61.1 cm³/mol. The van der Waals surface area contributed by atoms with E-state index in [0.717, 1.165) is 18.1 Å². The molecule has 0 bridgehead atoms. The largest absolute Gasteiger partial charge is 0.330 e. The molecule has 1 aromatic carbocycles. The van der Waals surface area contributed by atoms with Crippen LogP contribution in [0.5, 0.6) is 0 Å². The SMILES string of the molecule is Cc1cccc(C)c1CSCCN. The molecule has 0 saturated heterocycles. The van der Waals surface area contributed by atoms with Crippen molar-refractivity contribution in [3.63, 3.8) is 0 Å². The number of thioether (sulfide) groups is 1.